The maximum Gasteiger partial charge on any atom is 0.274 e. The summed E-state index contributed by atoms with van der Waals surface area (Å²) in [5, 5.41) is -0.300. The average Bonchev–Trinajstić information content (AvgIpc) is 3.95. The standard InChI is InChI=1S/C36H39F2N3O6S2/c37-25-10-6-7-22(16-25)15-23-8-4-2-1-3-5-9-24-19-36(24,34(44)40-49(45,46)28-12-13-28)20-31(42)30-18-27(21-41(30)33(23)43)47-35-39-29-14-11-26(38)17-32(29)48-35/h5-7,9-11,14,16-17,23-24,27-28,30H,1-4,8,12-13,15,18-21H2,(H,40,44)/b9-5-/t23-,24-,27-,30+,36-/m1/s1. The molecule has 2 aromatic carbocycles. The van der Waals surface area contributed by atoms with Crippen LogP contribution in [0.4, 0.5) is 8.78 Å². The van der Waals surface area contributed by atoms with Gasteiger partial charge in [-0.05, 0) is 86.8 Å². The van der Waals surface area contributed by atoms with Crippen LogP contribution in [0.3, 0.4) is 0 Å². The van der Waals surface area contributed by atoms with Gasteiger partial charge in [-0.3, -0.25) is 19.1 Å². The second-order valence-electron chi connectivity index (χ2n) is 14.0. The lowest BCUT2D eigenvalue weighted by molar-refractivity contribution is -0.142. The predicted molar refractivity (Wildman–Crippen MR) is 180 cm³/mol. The van der Waals surface area contributed by atoms with Crippen LogP contribution in [0.25, 0.3) is 10.2 Å². The molecule has 1 N–H and O–H groups in total. The molecule has 0 unspecified atom stereocenters. The first-order valence-electron chi connectivity index (χ1n) is 17.0. The summed E-state index contributed by atoms with van der Waals surface area (Å²) in [6, 6.07) is 9.52. The van der Waals surface area contributed by atoms with Gasteiger partial charge in [0.15, 0.2) is 5.78 Å². The van der Waals surface area contributed by atoms with Gasteiger partial charge in [-0.15, -0.1) is 0 Å². The fraction of sp³-hybridized carbons (Fsp3) is 0.500. The van der Waals surface area contributed by atoms with Crippen molar-refractivity contribution in [2.75, 3.05) is 6.54 Å². The fourth-order valence-corrected chi connectivity index (χ4v) is 9.63. The van der Waals surface area contributed by atoms with Crippen LogP contribution in [0.2, 0.25) is 0 Å². The Morgan fingerprint density at radius 1 is 1.06 bits per heavy atom. The highest BCUT2D eigenvalue weighted by molar-refractivity contribution is 7.90. The first-order valence-corrected chi connectivity index (χ1v) is 19.4. The van der Waals surface area contributed by atoms with Crippen molar-refractivity contribution in [3.63, 3.8) is 0 Å². The molecule has 260 valence electrons. The highest BCUT2D eigenvalue weighted by atomic mass is 32.2. The van der Waals surface area contributed by atoms with Crippen LogP contribution < -0.4 is 9.46 Å². The molecule has 49 heavy (non-hydrogen) atoms. The summed E-state index contributed by atoms with van der Waals surface area (Å²) >= 11 is 1.17. The zero-order valence-electron chi connectivity index (χ0n) is 27.0. The van der Waals surface area contributed by atoms with E-state index in [1.165, 1.54) is 35.6 Å². The Labute approximate surface area is 288 Å². The summed E-state index contributed by atoms with van der Waals surface area (Å²) in [5.74, 6) is -2.84. The molecule has 2 amide bonds. The normalized spacial score (nSPS) is 28.7. The van der Waals surface area contributed by atoms with Crippen molar-refractivity contribution in [3.8, 4) is 5.19 Å². The molecule has 0 spiro atoms. The van der Waals surface area contributed by atoms with Crippen LogP contribution in [-0.4, -0.2) is 59.8 Å². The van der Waals surface area contributed by atoms with Gasteiger partial charge in [0, 0.05) is 18.8 Å². The number of rotatable bonds is 7. The second-order valence-corrected chi connectivity index (χ2v) is 16.9. The van der Waals surface area contributed by atoms with E-state index in [0.29, 0.717) is 47.9 Å². The van der Waals surface area contributed by atoms with Crippen LogP contribution in [-0.2, 0) is 30.8 Å². The number of nitrogens with zero attached hydrogens (tertiary/aromatic N) is 2. The Morgan fingerprint density at radius 3 is 2.67 bits per heavy atom. The number of ketones is 1. The van der Waals surface area contributed by atoms with E-state index >= 15 is 0 Å². The molecular formula is C36H39F2N3O6S2. The predicted octanol–water partition coefficient (Wildman–Crippen LogP) is 5.88. The fourth-order valence-electron chi connectivity index (χ4n) is 7.34. The highest BCUT2D eigenvalue weighted by Crippen LogP contribution is 2.57. The summed E-state index contributed by atoms with van der Waals surface area (Å²) in [6.45, 7) is 0.0950. The summed E-state index contributed by atoms with van der Waals surface area (Å²) in [6.07, 6.45) is 8.72. The van der Waals surface area contributed by atoms with Gasteiger partial charge in [-0.25, -0.2) is 22.2 Å². The number of halogens is 2. The number of allylic oxidation sites excluding steroid dienone is 2. The van der Waals surface area contributed by atoms with Crippen LogP contribution >= 0.6 is 11.3 Å². The average molecular weight is 712 g/mol. The van der Waals surface area contributed by atoms with E-state index in [1.54, 1.807) is 23.1 Å². The number of sulfonamides is 1. The number of carbonyl (C=O) groups is 3. The number of ether oxygens (including phenoxy) is 1. The maximum atomic E-state index is 14.4. The molecule has 2 aliphatic carbocycles. The van der Waals surface area contributed by atoms with Gasteiger partial charge in [-0.1, -0.05) is 48.5 Å². The van der Waals surface area contributed by atoms with Crippen molar-refractivity contribution in [1.29, 1.82) is 0 Å². The Kier molecular flexibility index (Phi) is 9.33. The van der Waals surface area contributed by atoms with Crippen molar-refractivity contribution < 1.29 is 36.3 Å². The van der Waals surface area contributed by atoms with E-state index in [1.807, 2.05) is 12.2 Å². The van der Waals surface area contributed by atoms with Gasteiger partial charge in [0.05, 0.1) is 33.5 Å². The molecule has 13 heteroatoms. The molecule has 0 bridgehead atoms. The Bertz CT molecular complexity index is 1910. The van der Waals surface area contributed by atoms with Gasteiger partial charge in [0.1, 0.15) is 17.7 Å². The quantitative estimate of drug-likeness (QED) is 0.304. The molecule has 9 nitrogen and oxygen atoms in total. The van der Waals surface area contributed by atoms with E-state index < -0.39 is 56.3 Å². The molecule has 3 aromatic rings. The van der Waals surface area contributed by atoms with Gasteiger partial charge in [0.2, 0.25) is 21.8 Å². The molecule has 1 aromatic heterocycles. The van der Waals surface area contributed by atoms with Crippen molar-refractivity contribution in [2.45, 2.75) is 88.0 Å². The number of aromatic nitrogens is 1. The molecular weight excluding hydrogens is 673 g/mol. The lowest BCUT2D eigenvalue weighted by Crippen LogP contribution is -2.46. The number of thiazole rings is 1. The summed E-state index contributed by atoms with van der Waals surface area (Å²) in [4.78, 5) is 48.4. The number of hydrogen-bond acceptors (Lipinski definition) is 8. The smallest absolute Gasteiger partial charge is 0.274 e. The number of benzene rings is 2. The number of Topliss-reactive ketones (excluding diaryl/α,β-unsaturated/α-hetero) is 1. The van der Waals surface area contributed by atoms with E-state index in [-0.39, 0.29) is 42.2 Å². The molecule has 1 saturated heterocycles. The molecule has 2 aliphatic heterocycles. The molecule has 3 heterocycles. The number of nitrogens with one attached hydrogen (secondary N) is 1. The minimum atomic E-state index is -3.83. The zero-order valence-corrected chi connectivity index (χ0v) is 28.6. The third-order valence-electron chi connectivity index (χ3n) is 10.3. The molecule has 0 radical (unpaired) electrons. The van der Waals surface area contributed by atoms with E-state index in [9.17, 15) is 31.6 Å². The lowest BCUT2D eigenvalue weighted by atomic mass is 9.90. The minimum absolute atomic E-state index is 0.0950. The van der Waals surface area contributed by atoms with E-state index in [4.69, 9.17) is 4.74 Å². The van der Waals surface area contributed by atoms with Gasteiger partial charge < -0.3 is 9.64 Å². The van der Waals surface area contributed by atoms with Gasteiger partial charge in [0.25, 0.3) is 5.19 Å². The Balaban J connectivity index is 1.18. The first-order chi connectivity index (χ1) is 23.5. The van der Waals surface area contributed by atoms with Crippen molar-refractivity contribution >= 4 is 49.2 Å². The molecule has 2 saturated carbocycles. The molecule has 4 aliphatic rings. The number of carbonyl (C=O) groups excluding carboxylic acids is 3. The molecule has 5 atom stereocenters. The summed E-state index contributed by atoms with van der Waals surface area (Å²) < 4.78 is 62.7. The van der Waals surface area contributed by atoms with Gasteiger partial charge >= 0.3 is 0 Å². The van der Waals surface area contributed by atoms with Gasteiger partial charge in [-0.2, -0.15) is 0 Å². The topological polar surface area (TPSA) is 123 Å². The highest BCUT2D eigenvalue weighted by Gasteiger charge is 2.61. The minimum Gasteiger partial charge on any atom is -0.465 e. The van der Waals surface area contributed by atoms with Crippen molar-refractivity contribution in [1.82, 2.24) is 14.6 Å². The first kappa shape index (κ1) is 33.8. The second kappa shape index (κ2) is 13.5. The lowest BCUT2D eigenvalue weighted by Gasteiger charge is -2.29. The van der Waals surface area contributed by atoms with E-state index in [2.05, 4.69) is 9.71 Å². The Morgan fingerprint density at radius 2 is 1.88 bits per heavy atom. The van der Waals surface area contributed by atoms with Crippen LogP contribution in [0.1, 0.15) is 69.8 Å². The summed E-state index contributed by atoms with van der Waals surface area (Å²) in [5.41, 5.74) is 0.0316. The monoisotopic (exact) mass is 711 g/mol. The Hall–Kier alpha value is -3.71. The molecule has 7 rings (SSSR count). The third kappa shape index (κ3) is 7.42. The van der Waals surface area contributed by atoms with Crippen molar-refractivity contribution in [3.05, 3.63) is 71.8 Å². The third-order valence-corrected chi connectivity index (χ3v) is 13.0. The van der Waals surface area contributed by atoms with Crippen LogP contribution in [0.15, 0.2) is 54.6 Å². The number of amides is 2. The maximum absolute atomic E-state index is 14.4. The largest absolute Gasteiger partial charge is 0.465 e. The number of hydrogen-bond donors (Lipinski definition) is 1. The number of fused-ring (bicyclic) bond motifs is 3. The molecule has 3 fully saturated rings. The van der Waals surface area contributed by atoms with Crippen LogP contribution in [0, 0.1) is 28.9 Å². The van der Waals surface area contributed by atoms with Crippen LogP contribution in [0.5, 0.6) is 5.19 Å². The summed E-state index contributed by atoms with van der Waals surface area (Å²) in [7, 11) is -3.83. The zero-order chi connectivity index (χ0) is 34.3. The van der Waals surface area contributed by atoms with E-state index in [0.717, 1.165) is 25.7 Å². The SMILES string of the molecule is O=C1C[C@]2(C(=O)NS(=O)(=O)C3CC3)C[C@H]2/C=C\CCCCC[C@H](Cc2cccc(F)c2)C(=O)N2C[C@H](Oc3nc4ccc(F)cc4s3)C[C@@H]12. The van der Waals surface area contributed by atoms with Crippen molar-refractivity contribution in [2.24, 2.45) is 17.3 Å².